The van der Waals surface area contributed by atoms with Crippen molar-refractivity contribution in [1.29, 1.82) is 0 Å². The summed E-state index contributed by atoms with van der Waals surface area (Å²) in [5.41, 5.74) is 0.367. The number of halogens is 2. The Morgan fingerprint density at radius 3 is 2.71 bits per heavy atom. The topological polar surface area (TPSA) is 58.0 Å². The monoisotopic (exact) mass is 237 g/mol. The van der Waals surface area contributed by atoms with Crippen molar-refractivity contribution in [2.45, 2.75) is 6.61 Å². The van der Waals surface area contributed by atoms with Crippen molar-refractivity contribution in [3.8, 4) is 0 Å². The predicted molar refractivity (Wildman–Crippen MR) is 57.6 cm³/mol. The van der Waals surface area contributed by atoms with Crippen molar-refractivity contribution >= 4 is 11.5 Å². The van der Waals surface area contributed by atoms with E-state index in [1.54, 1.807) is 6.07 Å². The molecule has 0 atom stereocenters. The van der Waals surface area contributed by atoms with Gasteiger partial charge < -0.3 is 10.4 Å². The Labute approximate surface area is 96.0 Å². The molecule has 0 aliphatic rings. The van der Waals surface area contributed by atoms with Gasteiger partial charge in [-0.25, -0.2) is 18.7 Å². The molecule has 0 aliphatic carbocycles. The minimum absolute atomic E-state index is 0.248. The van der Waals surface area contributed by atoms with E-state index < -0.39 is 11.6 Å². The average molecular weight is 237 g/mol. The van der Waals surface area contributed by atoms with Crippen LogP contribution in [0.15, 0.2) is 30.5 Å². The molecule has 17 heavy (non-hydrogen) atoms. The molecular formula is C11H9F2N3O. The van der Waals surface area contributed by atoms with Crippen molar-refractivity contribution in [1.82, 2.24) is 9.97 Å². The van der Waals surface area contributed by atoms with E-state index in [0.29, 0.717) is 11.5 Å². The van der Waals surface area contributed by atoms with Gasteiger partial charge in [0.1, 0.15) is 12.4 Å². The lowest BCUT2D eigenvalue weighted by Gasteiger charge is -2.06. The van der Waals surface area contributed by atoms with E-state index >= 15 is 0 Å². The standard InChI is InChI=1S/C11H9F2N3O/c12-8-2-1-7(5-9(8)13)15-10-3-4-14-11(6-17)16-10/h1-5,17H,6H2,(H,14,15,16). The number of hydrogen-bond acceptors (Lipinski definition) is 4. The van der Waals surface area contributed by atoms with Gasteiger partial charge in [-0.3, -0.25) is 0 Å². The molecule has 0 unspecified atom stereocenters. The van der Waals surface area contributed by atoms with Gasteiger partial charge in [-0.15, -0.1) is 0 Å². The Balaban J connectivity index is 2.22. The first-order valence-corrected chi connectivity index (χ1v) is 4.84. The second-order valence-electron chi connectivity index (χ2n) is 3.27. The Hall–Kier alpha value is -2.08. The van der Waals surface area contributed by atoms with Gasteiger partial charge in [0, 0.05) is 18.0 Å². The molecule has 0 fully saturated rings. The normalized spacial score (nSPS) is 10.3. The molecule has 0 amide bonds. The molecule has 2 aromatic rings. The lowest BCUT2D eigenvalue weighted by molar-refractivity contribution is 0.271. The van der Waals surface area contributed by atoms with E-state index in [9.17, 15) is 8.78 Å². The number of anilines is 2. The van der Waals surface area contributed by atoms with Gasteiger partial charge >= 0.3 is 0 Å². The molecule has 1 aromatic carbocycles. The third-order valence-electron chi connectivity index (χ3n) is 2.04. The van der Waals surface area contributed by atoms with Gasteiger partial charge in [0.25, 0.3) is 0 Å². The van der Waals surface area contributed by atoms with Crippen molar-refractivity contribution in [2.75, 3.05) is 5.32 Å². The highest BCUT2D eigenvalue weighted by Crippen LogP contribution is 2.17. The average Bonchev–Trinajstić information content (AvgIpc) is 2.34. The number of rotatable bonds is 3. The molecule has 88 valence electrons. The smallest absolute Gasteiger partial charge is 0.160 e. The van der Waals surface area contributed by atoms with Crippen LogP contribution in [0, 0.1) is 11.6 Å². The quantitative estimate of drug-likeness (QED) is 0.857. The van der Waals surface area contributed by atoms with Gasteiger partial charge in [0.05, 0.1) is 0 Å². The fourth-order valence-corrected chi connectivity index (χ4v) is 1.27. The second-order valence-corrected chi connectivity index (χ2v) is 3.27. The minimum Gasteiger partial charge on any atom is -0.388 e. The van der Waals surface area contributed by atoms with E-state index in [1.807, 2.05) is 0 Å². The highest BCUT2D eigenvalue weighted by atomic mass is 19.2. The summed E-state index contributed by atoms with van der Waals surface area (Å²) in [7, 11) is 0. The summed E-state index contributed by atoms with van der Waals surface area (Å²) in [6, 6.07) is 4.99. The van der Waals surface area contributed by atoms with Gasteiger partial charge in [-0.05, 0) is 18.2 Å². The number of aliphatic hydroxyl groups excluding tert-OH is 1. The van der Waals surface area contributed by atoms with Gasteiger partial charge in [0.2, 0.25) is 0 Å². The van der Waals surface area contributed by atoms with E-state index in [-0.39, 0.29) is 12.4 Å². The summed E-state index contributed by atoms with van der Waals surface area (Å²) in [6.07, 6.45) is 1.46. The van der Waals surface area contributed by atoms with Crippen LogP contribution in [0.4, 0.5) is 20.3 Å². The van der Waals surface area contributed by atoms with Gasteiger partial charge in [-0.2, -0.15) is 0 Å². The molecule has 2 N–H and O–H groups in total. The van der Waals surface area contributed by atoms with Crippen molar-refractivity contribution in [2.24, 2.45) is 0 Å². The number of benzene rings is 1. The van der Waals surface area contributed by atoms with Crippen LogP contribution in [0.2, 0.25) is 0 Å². The molecule has 1 aromatic heterocycles. The summed E-state index contributed by atoms with van der Waals surface area (Å²) >= 11 is 0. The first-order valence-electron chi connectivity index (χ1n) is 4.84. The molecule has 0 saturated heterocycles. The van der Waals surface area contributed by atoms with E-state index in [1.165, 1.54) is 12.3 Å². The van der Waals surface area contributed by atoms with Crippen LogP contribution in [0.25, 0.3) is 0 Å². The van der Waals surface area contributed by atoms with Crippen LogP contribution in [-0.4, -0.2) is 15.1 Å². The molecule has 2 rings (SSSR count). The molecule has 1 heterocycles. The fraction of sp³-hybridized carbons (Fsp3) is 0.0909. The predicted octanol–water partition coefficient (Wildman–Crippen LogP) is 1.99. The Kier molecular flexibility index (Phi) is 3.24. The first kappa shape index (κ1) is 11.4. The molecule has 0 radical (unpaired) electrons. The molecule has 0 aliphatic heterocycles. The van der Waals surface area contributed by atoms with Crippen molar-refractivity contribution < 1.29 is 13.9 Å². The lowest BCUT2D eigenvalue weighted by atomic mass is 10.3. The highest BCUT2D eigenvalue weighted by Gasteiger charge is 2.03. The maximum absolute atomic E-state index is 12.9. The molecular weight excluding hydrogens is 228 g/mol. The summed E-state index contributed by atoms with van der Waals surface area (Å²) in [5, 5.41) is 11.6. The molecule has 4 nitrogen and oxygen atoms in total. The summed E-state index contributed by atoms with van der Waals surface area (Å²) < 4.78 is 25.6. The molecule has 0 saturated carbocycles. The number of nitrogens with zero attached hydrogens (tertiary/aromatic N) is 2. The van der Waals surface area contributed by atoms with Crippen molar-refractivity contribution in [3.05, 3.63) is 47.9 Å². The van der Waals surface area contributed by atoms with E-state index in [4.69, 9.17) is 5.11 Å². The molecule has 0 spiro atoms. The Morgan fingerprint density at radius 2 is 2.00 bits per heavy atom. The maximum Gasteiger partial charge on any atom is 0.160 e. The largest absolute Gasteiger partial charge is 0.388 e. The highest BCUT2D eigenvalue weighted by molar-refractivity contribution is 5.55. The van der Waals surface area contributed by atoms with Crippen LogP contribution in [0.3, 0.4) is 0 Å². The SMILES string of the molecule is OCc1nccc(Nc2ccc(F)c(F)c2)n1. The van der Waals surface area contributed by atoms with Crippen molar-refractivity contribution in [3.63, 3.8) is 0 Å². The van der Waals surface area contributed by atoms with Crippen LogP contribution >= 0.6 is 0 Å². The zero-order valence-corrected chi connectivity index (χ0v) is 8.69. The van der Waals surface area contributed by atoms with Gasteiger partial charge in [0.15, 0.2) is 17.5 Å². The van der Waals surface area contributed by atoms with E-state index in [0.717, 1.165) is 12.1 Å². The minimum atomic E-state index is -0.938. The fourth-order valence-electron chi connectivity index (χ4n) is 1.27. The first-order chi connectivity index (χ1) is 8.19. The lowest BCUT2D eigenvalue weighted by Crippen LogP contribution is -1.99. The second kappa shape index (κ2) is 4.84. The zero-order valence-electron chi connectivity index (χ0n) is 8.69. The van der Waals surface area contributed by atoms with E-state index in [2.05, 4.69) is 15.3 Å². The van der Waals surface area contributed by atoms with Crippen LogP contribution in [-0.2, 0) is 6.61 Å². The van der Waals surface area contributed by atoms with Crippen LogP contribution in [0.1, 0.15) is 5.82 Å². The number of aliphatic hydroxyl groups is 1. The Morgan fingerprint density at radius 1 is 1.18 bits per heavy atom. The molecule has 0 bridgehead atoms. The Bertz CT molecular complexity index is 534. The summed E-state index contributed by atoms with van der Waals surface area (Å²) in [4.78, 5) is 7.75. The van der Waals surface area contributed by atoms with Crippen LogP contribution < -0.4 is 5.32 Å². The van der Waals surface area contributed by atoms with Crippen LogP contribution in [0.5, 0.6) is 0 Å². The third-order valence-corrected chi connectivity index (χ3v) is 2.04. The summed E-state index contributed by atoms with van der Waals surface area (Å²) in [6.45, 7) is -0.284. The number of hydrogen-bond donors (Lipinski definition) is 2. The number of aromatic nitrogens is 2. The zero-order chi connectivity index (χ0) is 12.3. The summed E-state index contributed by atoms with van der Waals surface area (Å²) in [5.74, 6) is -1.20. The maximum atomic E-state index is 12.9. The molecule has 6 heteroatoms. The third kappa shape index (κ3) is 2.73. The van der Waals surface area contributed by atoms with Gasteiger partial charge in [-0.1, -0.05) is 0 Å². The number of nitrogens with one attached hydrogen (secondary N) is 1.